The Kier molecular flexibility index (Phi) is 3.88. The van der Waals surface area contributed by atoms with E-state index in [9.17, 15) is 0 Å². The zero-order valence-electron chi connectivity index (χ0n) is 7.18. The van der Waals surface area contributed by atoms with Gasteiger partial charge in [0.15, 0.2) is 0 Å². The SMILES string of the molecule is CCCNc1ncccc1CCl. The Bertz CT molecular complexity index is 238. The lowest BCUT2D eigenvalue weighted by Gasteiger charge is -2.06. The lowest BCUT2D eigenvalue weighted by molar-refractivity contribution is 0.965. The van der Waals surface area contributed by atoms with E-state index in [1.54, 1.807) is 6.20 Å². The van der Waals surface area contributed by atoms with Gasteiger partial charge in [0.2, 0.25) is 0 Å². The molecule has 3 heteroatoms. The van der Waals surface area contributed by atoms with Crippen molar-refractivity contribution in [3.63, 3.8) is 0 Å². The van der Waals surface area contributed by atoms with Crippen molar-refractivity contribution in [2.75, 3.05) is 11.9 Å². The van der Waals surface area contributed by atoms with Gasteiger partial charge in [0.1, 0.15) is 5.82 Å². The first-order valence-corrected chi connectivity index (χ1v) is 4.65. The van der Waals surface area contributed by atoms with E-state index in [4.69, 9.17) is 11.6 Å². The fourth-order valence-electron chi connectivity index (χ4n) is 0.949. The molecule has 1 aromatic heterocycles. The number of halogens is 1. The van der Waals surface area contributed by atoms with Crippen LogP contribution < -0.4 is 5.32 Å². The van der Waals surface area contributed by atoms with Gasteiger partial charge in [0.25, 0.3) is 0 Å². The van der Waals surface area contributed by atoms with E-state index in [0.29, 0.717) is 5.88 Å². The number of aromatic nitrogens is 1. The summed E-state index contributed by atoms with van der Waals surface area (Å²) in [4.78, 5) is 4.19. The van der Waals surface area contributed by atoms with Crippen molar-refractivity contribution >= 4 is 17.4 Å². The minimum absolute atomic E-state index is 0.514. The van der Waals surface area contributed by atoms with Gasteiger partial charge < -0.3 is 5.32 Å². The molecule has 0 radical (unpaired) electrons. The molecule has 0 amide bonds. The molecular weight excluding hydrogens is 172 g/mol. The fraction of sp³-hybridized carbons (Fsp3) is 0.444. The Labute approximate surface area is 78.0 Å². The van der Waals surface area contributed by atoms with Gasteiger partial charge in [-0.2, -0.15) is 0 Å². The quantitative estimate of drug-likeness (QED) is 0.728. The molecule has 0 spiro atoms. The second-order valence-electron chi connectivity index (χ2n) is 2.57. The molecular formula is C9H13ClN2. The Balaban J connectivity index is 2.68. The second-order valence-corrected chi connectivity index (χ2v) is 2.84. The van der Waals surface area contributed by atoms with E-state index in [1.165, 1.54) is 0 Å². The molecule has 0 saturated carbocycles. The van der Waals surface area contributed by atoms with E-state index in [1.807, 2.05) is 12.1 Å². The summed E-state index contributed by atoms with van der Waals surface area (Å²) >= 11 is 5.73. The number of hydrogen-bond acceptors (Lipinski definition) is 2. The molecule has 2 nitrogen and oxygen atoms in total. The molecule has 0 unspecified atom stereocenters. The van der Waals surface area contributed by atoms with Crippen LogP contribution >= 0.6 is 11.6 Å². The first kappa shape index (κ1) is 9.33. The summed E-state index contributed by atoms with van der Waals surface area (Å²) in [7, 11) is 0. The summed E-state index contributed by atoms with van der Waals surface area (Å²) in [6, 6.07) is 3.88. The minimum Gasteiger partial charge on any atom is -0.370 e. The van der Waals surface area contributed by atoms with Crippen molar-refractivity contribution in [3.05, 3.63) is 23.9 Å². The zero-order valence-corrected chi connectivity index (χ0v) is 7.93. The lowest BCUT2D eigenvalue weighted by Crippen LogP contribution is -2.03. The molecule has 0 fully saturated rings. The molecule has 1 heterocycles. The van der Waals surface area contributed by atoms with Gasteiger partial charge in [-0.05, 0) is 12.5 Å². The van der Waals surface area contributed by atoms with Crippen LogP contribution in [0.1, 0.15) is 18.9 Å². The molecule has 0 aliphatic heterocycles. The van der Waals surface area contributed by atoms with Gasteiger partial charge in [-0.15, -0.1) is 11.6 Å². The lowest BCUT2D eigenvalue weighted by atomic mass is 10.3. The molecule has 1 aromatic rings. The van der Waals surface area contributed by atoms with Crippen molar-refractivity contribution in [1.29, 1.82) is 0 Å². The number of pyridine rings is 1. The van der Waals surface area contributed by atoms with Crippen molar-refractivity contribution in [3.8, 4) is 0 Å². The number of hydrogen-bond donors (Lipinski definition) is 1. The first-order chi connectivity index (χ1) is 5.88. The summed E-state index contributed by atoms with van der Waals surface area (Å²) in [5.41, 5.74) is 1.06. The van der Waals surface area contributed by atoms with E-state index in [0.717, 1.165) is 24.3 Å². The summed E-state index contributed by atoms with van der Waals surface area (Å²) < 4.78 is 0. The maximum atomic E-state index is 5.73. The predicted octanol–water partition coefficient (Wildman–Crippen LogP) is 2.64. The van der Waals surface area contributed by atoms with Gasteiger partial charge in [-0.25, -0.2) is 4.98 Å². The van der Waals surface area contributed by atoms with Gasteiger partial charge >= 0.3 is 0 Å². The van der Waals surface area contributed by atoms with Gasteiger partial charge in [-0.3, -0.25) is 0 Å². The average molecular weight is 185 g/mol. The van der Waals surface area contributed by atoms with Crippen molar-refractivity contribution < 1.29 is 0 Å². The van der Waals surface area contributed by atoms with Crippen LogP contribution in [0.5, 0.6) is 0 Å². The largest absolute Gasteiger partial charge is 0.370 e. The molecule has 1 rings (SSSR count). The molecule has 12 heavy (non-hydrogen) atoms. The van der Waals surface area contributed by atoms with Crippen molar-refractivity contribution in [2.24, 2.45) is 0 Å². The van der Waals surface area contributed by atoms with Crippen LogP contribution in [0.4, 0.5) is 5.82 Å². The summed E-state index contributed by atoms with van der Waals surface area (Å²) in [6.07, 6.45) is 2.87. The Morgan fingerprint density at radius 2 is 2.42 bits per heavy atom. The van der Waals surface area contributed by atoms with Crippen molar-refractivity contribution in [2.45, 2.75) is 19.2 Å². The predicted molar refractivity (Wildman–Crippen MR) is 52.6 cm³/mol. The molecule has 0 atom stereocenters. The molecule has 0 aromatic carbocycles. The highest BCUT2D eigenvalue weighted by Crippen LogP contribution is 2.13. The van der Waals surface area contributed by atoms with Crippen LogP contribution in [-0.2, 0) is 5.88 Å². The van der Waals surface area contributed by atoms with Gasteiger partial charge in [0.05, 0.1) is 5.88 Å². The molecule has 66 valence electrons. The highest BCUT2D eigenvalue weighted by atomic mass is 35.5. The highest BCUT2D eigenvalue weighted by molar-refractivity contribution is 6.17. The van der Waals surface area contributed by atoms with Crippen LogP contribution in [-0.4, -0.2) is 11.5 Å². The molecule has 0 aliphatic rings. The van der Waals surface area contributed by atoms with Crippen LogP contribution in [0.25, 0.3) is 0 Å². The second kappa shape index (κ2) is 4.99. The average Bonchev–Trinajstić information content (AvgIpc) is 2.15. The van der Waals surface area contributed by atoms with Gasteiger partial charge in [0, 0.05) is 18.3 Å². The molecule has 0 aliphatic carbocycles. The van der Waals surface area contributed by atoms with Crippen molar-refractivity contribution in [1.82, 2.24) is 4.98 Å². The van der Waals surface area contributed by atoms with Crippen LogP contribution in [0, 0.1) is 0 Å². The van der Waals surface area contributed by atoms with Crippen LogP contribution in [0.3, 0.4) is 0 Å². The third kappa shape index (κ3) is 2.38. The number of nitrogens with zero attached hydrogens (tertiary/aromatic N) is 1. The van der Waals surface area contributed by atoms with E-state index in [2.05, 4.69) is 17.2 Å². The first-order valence-electron chi connectivity index (χ1n) is 4.12. The highest BCUT2D eigenvalue weighted by Gasteiger charge is 1.98. The standard InChI is InChI=1S/C9H13ClN2/c1-2-5-11-9-8(7-10)4-3-6-12-9/h3-4,6H,2,5,7H2,1H3,(H,11,12). The van der Waals surface area contributed by atoms with Crippen LogP contribution in [0.15, 0.2) is 18.3 Å². The monoisotopic (exact) mass is 184 g/mol. The number of nitrogens with one attached hydrogen (secondary N) is 1. The fourth-order valence-corrected chi connectivity index (χ4v) is 1.16. The minimum atomic E-state index is 0.514. The number of alkyl halides is 1. The maximum Gasteiger partial charge on any atom is 0.130 e. The summed E-state index contributed by atoms with van der Waals surface area (Å²) in [6.45, 7) is 3.07. The molecule has 0 bridgehead atoms. The van der Waals surface area contributed by atoms with E-state index in [-0.39, 0.29) is 0 Å². The van der Waals surface area contributed by atoms with Crippen LogP contribution in [0.2, 0.25) is 0 Å². The topological polar surface area (TPSA) is 24.9 Å². The Morgan fingerprint density at radius 1 is 1.58 bits per heavy atom. The third-order valence-electron chi connectivity index (χ3n) is 1.58. The Hall–Kier alpha value is -0.760. The normalized spacial score (nSPS) is 9.83. The Morgan fingerprint density at radius 3 is 3.08 bits per heavy atom. The maximum absolute atomic E-state index is 5.73. The van der Waals surface area contributed by atoms with E-state index < -0.39 is 0 Å². The number of anilines is 1. The zero-order chi connectivity index (χ0) is 8.81. The number of rotatable bonds is 4. The third-order valence-corrected chi connectivity index (χ3v) is 1.87. The summed E-state index contributed by atoms with van der Waals surface area (Å²) in [5, 5.41) is 3.22. The smallest absolute Gasteiger partial charge is 0.130 e. The molecule has 0 saturated heterocycles. The summed E-state index contributed by atoms with van der Waals surface area (Å²) in [5.74, 6) is 1.43. The van der Waals surface area contributed by atoms with Gasteiger partial charge in [-0.1, -0.05) is 13.0 Å². The van der Waals surface area contributed by atoms with E-state index >= 15 is 0 Å². The molecule has 1 N–H and O–H groups in total.